The molecule has 0 atom stereocenters. The van der Waals surface area contributed by atoms with Crippen LogP contribution in [-0.4, -0.2) is 15.0 Å². The van der Waals surface area contributed by atoms with Crippen molar-refractivity contribution in [3.63, 3.8) is 0 Å². The van der Waals surface area contributed by atoms with Gasteiger partial charge in [-0.2, -0.15) is 0 Å². The van der Waals surface area contributed by atoms with Crippen molar-refractivity contribution in [2.45, 2.75) is 0 Å². The molecule has 0 radical (unpaired) electrons. The van der Waals surface area contributed by atoms with Gasteiger partial charge in [0, 0.05) is 16.7 Å². The van der Waals surface area contributed by atoms with Gasteiger partial charge < -0.3 is 0 Å². The van der Waals surface area contributed by atoms with Crippen LogP contribution in [0.25, 0.3) is 78.0 Å². The van der Waals surface area contributed by atoms with Crippen LogP contribution in [0.15, 0.2) is 164 Å². The van der Waals surface area contributed by atoms with E-state index in [2.05, 4.69) is 121 Å². The van der Waals surface area contributed by atoms with Gasteiger partial charge in [0.25, 0.3) is 0 Å². The predicted molar refractivity (Wildman–Crippen MR) is 182 cm³/mol. The van der Waals surface area contributed by atoms with Crippen LogP contribution in [0.5, 0.6) is 0 Å². The van der Waals surface area contributed by atoms with Gasteiger partial charge in [-0.1, -0.05) is 158 Å². The van der Waals surface area contributed by atoms with Crippen LogP contribution in [0.3, 0.4) is 0 Å². The monoisotopic (exact) mass is 561 g/mol. The second kappa shape index (κ2) is 11.0. The Bertz CT molecular complexity index is 2270. The van der Waals surface area contributed by atoms with Crippen LogP contribution in [0.2, 0.25) is 0 Å². The minimum Gasteiger partial charge on any atom is -0.208 e. The minimum absolute atomic E-state index is 0.649. The van der Waals surface area contributed by atoms with Crippen LogP contribution in [0.1, 0.15) is 0 Å². The molecule has 1 aromatic heterocycles. The van der Waals surface area contributed by atoms with E-state index in [1.165, 1.54) is 21.9 Å². The summed E-state index contributed by atoms with van der Waals surface area (Å²) in [6.45, 7) is 0. The first-order chi connectivity index (χ1) is 21.8. The summed E-state index contributed by atoms with van der Waals surface area (Å²) >= 11 is 0. The highest BCUT2D eigenvalue weighted by Gasteiger charge is 2.18. The number of rotatable bonds is 5. The highest BCUT2D eigenvalue weighted by molar-refractivity contribution is 6.09. The van der Waals surface area contributed by atoms with Gasteiger partial charge in [0.1, 0.15) is 0 Å². The van der Waals surface area contributed by atoms with Crippen LogP contribution in [0.4, 0.5) is 0 Å². The van der Waals surface area contributed by atoms with E-state index >= 15 is 0 Å². The van der Waals surface area contributed by atoms with E-state index < -0.39 is 0 Å². The van der Waals surface area contributed by atoms with Gasteiger partial charge in [-0.05, 0) is 49.9 Å². The van der Waals surface area contributed by atoms with E-state index in [9.17, 15) is 0 Å². The van der Waals surface area contributed by atoms with Crippen LogP contribution in [-0.2, 0) is 0 Å². The molecular weight excluding hydrogens is 534 g/mol. The summed E-state index contributed by atoms with van der Waals surface area (Å²) < 4.78 is 0. The Morgan fingerprint density at radius 3 is 1.45 bits per heavy atom. The Hall–Kier alpha value is -5.93. The molecule has 0 bridgehead atoms. The molecule has 1 heterocycles. The van der Waals surface area contributed by atoms with E-state index in [-0.39, 0.29) is 0 Å². The first-order valence-corrected chi connectivity index (χ1v) is 14.8. The van der Waals surface area contributed by atoms with E-state index in [1.807, 2.05) is 42.5 Å². The zero-order valence-electron chi connectivity index (χ0n) is 23.9. The summed E-state index contributed by atoms with van der Waals surface area (Å²) in [6.07, 6.45) is 0. The Morgan fingerprint density at radius 1 is 0.250 bits per heavy atom. The Balaban J connectivity index is 1.37. The summed E-state index contributed by atoms with van der Waals surface area (Å²) in [4.78, 5) is 15.3. The molecule has 0 unspecified atom stereocenters. The van der Waals surface area contributed by atoms with E-state index in [0.717, 1.165) is 38.6 Å². The molecule has 0 saturated carbocycles. The molecule has 0 fully saturated rings. The molecule has 7 aromatic carbocycles. The highest BCUT2D eigenvalue weighted by Crippen LogP contribution is 2.39. The number of hydrogen-bond acceptors (Lipinski definition) is 3. The third-order valence-corrected chi connectivity index (χ3v) is 8.16. The molecule has 0 spiro atoms. The lowest BCUT2D eigenvalue weighted by Crippen LogP contribution is -2.01. The number of nitrogens with zero attached hydrogens (tertiary/aromatic N) is 3. The first-order valence-electron chi connectivity index (χ1n) is 14.8. The van der Waals surface area contributed by atoms with E-state index in [1.54, 1.807) is 0 Å². The Labute approximate surface area is 256 Å². The summed E-state index contributed by atoms with van der Waals surface area (Å²) in [7, 11) is 0. The largest absolute Gasteiger partial charge is 0.208 e. The van der Waals surface area contributed by atoms with Crippen molar-refractivity contribution in [1.82, 2.24) is 15.0 Å². The topological polar surface area (TPSA) is 38.7 Å². The lowest BCUT2D eigenvalue weighted by molar-refractivity contribution is 1.08. The smallest absolute Gasteiger partial charge is 0.164 e. The first kappa shape index (κ1) is 25.8. The van der Waals surface area contributed by atoms with Crippen molar-refractivity contribution in [3.05, 3.63) is 164 Å². The second-order valence-electron chi connectivity index (χ2n) is 10.8. The van der Waals surface area contributed by atoms with Crippen molar-refractivity contribution in [2.24, 2.45) is 0 Å². The SMILES string of the molecule is c1ccc(-c2nc(-c3ccccc3-c3ccccc3)nc(-c3ccc(-c4cccc5ccccc45)c4ccccc34)n2)cc1. The van der Waals surface area contributed by atoms with Crippen molar-refractivity contribution in [2.75, 3.05) is 0 Å². The number of aromatic nitrogens is 3. The third-order valence-electron chi connectivity index (χ3n) is 8.16. The van der Waals surface area contributed by atoms with Crippen molar-refractivity contribution in [1.29, 1.82) is 0 Å². The standard InChI is InChI=1S/C41H27N3/c1-3-14-28(15-4-1)32-21-9-12-24-37(32)40-42-39(30-17-5-2-6-18-30)43-41(44-40)38-27-26-36(34-22-10-11-23-35(34)38)33-25-13-19-29-16-7-8-20-31(29)33/h1-27H. The number of hydrogen-bond donors (Lipinski definition) is 0. The van der Waals surface area contributed by atoms with Crippen LogP contribution < -0.4 is 0 Å². The molecule has 44 heavy (non-hydrogen) atoms. The predicted octanol–water partition coefficient (Wildman–Crippen LogP) is 10.5. The molecule has 0 aliphatic rings. The number of fused-ring (bicyclic) bond motifs is 2. The fourth-order valence-electron chi connectivity index (χ4n) is 6.07. The molecule has 206 valence electrons. The summed E-state index contributed by atoms with van der Waals surface area (Å²) in [5.41, 5.74) is 7.50. The zero-order valence-corrected chi connectivity index (χ0v) is 23.9. The summed E-state index contributed by atoms with van der Waals surface area (Å²) in [5.74, 6) is 1.95. The molecule has 3 nitrogen and oxygen atoms in total. The van der Waals surface area contributed by atoms with Crippen molar-refractivity contribution < 1.29 is 0 Å². The summed E-state index contributed by atoms with van der Waals surface area (Å²) in [6, 6.07) is 56.9. The average molecular weight is 562 g/mol. The van der Waals surface area contributed by atoms with E-state index in [4.69, 9.17) is 15.0 Å². The third kappa shape index (κ3) is 4.61. The Morgan fingerprint density at radius 2 is 0.705 bits per heavy atom. The molecule has 8 aromatic rings. The number of benzene rings is 7. The maximum absolute atomic E-state index is 5.17. The second-order valence-corrected chi connectivity index (χ2v) is 10.8. The summed E-state index contributed by atoms with van der Waals surface area (Å²) in [5, 5.41) is 4.73. The maximum atomic E-state index is 5.17. The fourth-order valence-corrected chi connectivity index (χ4v) is 6.07. The molecule has 0 aliphatic carbocycles. The maximum Gasteiger partial charge on any atom is 0.164 e. The molecule has 3 heteroatoms. The molecule has 8 rings (SSSR count). The van der Waals surface area contributed by atoms with Gasteiger partial charge in [0.2, 0.25) is 0 Å². The molecule has 0 amide bonds. The minimum atomic E-state index is 0.649. The molecule has 0 N–H and O–H groups in total. The molecule has 0 saturated heterocycles. The Kier molecular flexibility index (Phi) is 6.47. The molecular formula is C41H27N3. The lowest BCUT2D eigenvalue weighted by Gasteiger charge is -2.15. The van der Waals surface area contributed by atoms with Gasteiger partial charge >= 0.3 is 0 Å². The average Bonchev–Trinajstić information content (AvgIpc) is 3.11. The van der Waals surface area contributed by atoms with Gasteiger partial charge in [-0.3, -0.25) is 0 Å². The van der Waals surface area contributed by atoms with Gasteiger partial charge in [-0.25, -0.2) is 15.0 Å². The normalized spacial score (nSPS) is 11.2. The van der Waals surface area contributed by atoms with Crippen LogP contribution >= 0.6 is 0 Å². The molecule has 0 aliphatic heterocycles. The van der Waals surface area contributed by atoms with Gasteiger partial charge in [-0.15, -0.1) is 0 Å². The fraction of sp³-hybridized carbons (Fsp3) is 0. The quantitative estimate of drug-likeness (QED) is 0.210. The van der Waals surface area contributed by atoms with Crippen LogP contribution in [0, 0.1) is 0 Å². The van der Waals surface area contributed by atoms with Crippen molar-refractivity contribution >= 4 is 21.5 Å². The van der Waals surface area contributed by atoms with E-state index in [0.29, 0.717) is 17.5 Å². The van der Waals surface area contributed by atoms with Gasteiger partial charge in [0.05, 0.1) is 0 Å². The lowest BCUT2D eigenvalue weighted by atomic mass is 9.92. The zero-order chi connectivity index (χ0) is 29.3. The van der Waals surface area contributed by atoms with Crippen molar-refractivity contribution in [3.8, 4) is 56.4 Å². The van der Waals surface area contributed by atoms with Gasteiger partial charge in [0.15, 0.2) is 17.5 Å². The highest BCUT2D eigenvalue weighted by atomic mass is 15.0.